The molecule has 0 saturated heterocycles. The Balaban J connectivity index is 1.30. The van der Waals surface area contributed by atoms with Gasteiger partial charge >= 0.3 is 5.97 Å². The highest BCUT2D eigenvalue weighted by Crippen LogP contribution is 2.28. The fourth-order valence-electron chi connectivity index (χ4n) is 3.70. The number of hydrogen-bond acceptors (Lipinski definition) is 6. The van der Waals surface area contributed by atoms with Crippen molar-refractivity contribution in [1.29, 1.82) is 0 Å². The van der Waals surface area contributed by atoms with Gasteiger partial charge in [0.2, 0.25) is 5.91 Å². The van der Waals surface area contributed by atoms with E-state index < -0.39 is 0 Å². The zero-order valence-electron chi connectivity index (χ0n) is 21.5. The van der Waals surface area contributed by atoms with Crippen LogP contribution in [-0.2, 0) is 33.6 Å². The van der Waals surface area contributed by atoms with E-state index in [1.54, 1.807) is 19.2 Å². The molecule has 0 fully saturated rings. The van der Waals surface area contributed by atoms with Crippen molar-refractivity contribution >= 4 is 11.9 Å². The number of rotatable bonds is 15. The molecule has 0 aliphatic rings. The summed E-state index contributed by atoms with van der Waals surface area (Å²) in [5, 5.41) is 2.97. The van der Waals surface area contributed by atoms with E-state index in [1.165, 1.54) is 12.7 Å². The van der Waals surface area contributed by atoms with E-state index in [9.17, 15) is 9.59 Å². The monoisotopic (exact) mass is 505 g/mol. The summed E-state index contributed by atoms with van der Waals surface area (Å²) in [7, 11) is 2.94. The quantitative estimate of drug-likeness (QED) is 0.241. The maximum Gasteiger partial charge on any atom is 0.309 e. The summed E-state index contributed by atoms with van der Waals surface area (Å²) in [5.74, 6) is 1.71. The number of carbonyl (C=O) groups is 2. The lowest BCUT2D eigenvalue weighted by Gasteiger charge is -2.12. The number of methoxy groups -OCH3 is 2. The first-order chi connectivity index (χ1) is 18.1. The van der Waals surface area contributed by atoms with Gasteiger partial charge in [-0.05, 0) is 60.2 Å². The molecule has 0 aliphatic carbocycles. The topological polar surface area (TPSA) is 83.1 Å². The minimum absolute atomic E-state index is 0.0133. The molecule has 1 amide bonds. The third-order valence-electron chi connectivity index (χ3n) is 5.74. The molecule has 3 rings (SSSR count). The van der Waals surface area contributed by atoms with E-state index in [0.29, 0.717) is 37.7 Å². The van der Waals surface area contributed by atoms with E-state index in [0.717, 1.165) is 36.1 Å². The highest BCUT2D eigenvalue weighted by molar-refractivity contribution is 5.78. The number of nitrogens with one attached hydrogen (secondary N) is 1. The normalized spacial score (nSPS) is 10.4. The number of unbranched alkanes of at least 4 members (excludes halogenated alkanes) is 1. The minimum Gasteiger partial charge on any atom is -0.494 e. The van der Waals surface area contributed by atoms with E-state index in [2.05, 4.69) is 17.4 Å². The zero-order valence-corrected chi connectivity index (χ0v) is 21.5. The van der Waals surface area contributed by atoms with Gasteiger partial charge in [0.1, 0.15) is 5.75 Å². The average molecular weight is 506 g/mol. The highest BCUT2D eigenvalue weighted by Gasteiger charge is 2.09. The summed E-state index contributed by atoms with van der Waals surface area (Å²) in [6, 6.07) is 23.2. The third-order valence-corrected chi connectivity index (χ3v) is 5.74. The number of benzene rings is 3. The van der Waals surface area contributed by atoms with Crippen LogP contribution in [0.3, 0.4) is 0 Å². The predicted molar refractivity (Wildman–Crippen MR) is 142 cm³/mol. The van der Waals surface area contributed by atoms with E-state index >= 15 is 0 Å². The van der Waals surface area contributed by atoms with E-state index in [1.807, 2.05) is 48.5 Å². The van der Waals surface area contributed by atoms with Crippen LogP contribution in [0.15, 0.2) is 72.8 Å². The zero-order chi connectivity index (χ0) is 26.3. The van der Waals surface area contributed by atoms with Crippen LogP contribution in [0.1, 0.15) is 29.5 Å². The second-order valence-electron chi connectivity index (χ2n) is 8.55. The van der Waals surface area contributed by atoms with Crippen LogP contribution < -0.4 is 19.5 Å². The van der Waals surface area contributed by atoms with Gasteiger partial charge in [-0.25, -0.2) is 0 Å². The van der Waals surface area contributed by atoms with Gasteiger partial charge < -0.3 is 24.3 Å². The molecule has 0 aromatic heterocycles. The largest absolute Gasteiger partial charge is 0.494 e. The molecule has 0 aliphatic heterocycles. The van der Waals surface area contributed by atoms with Gasteiger partial charge in [-0.15, -0.1) is 0 Å². The van der Waals surface area contributed by atoms with Crippen molar-refractivity contribution < 1.29 is 28.5 Å². The summed E-state index contributed by atoms with van der Waals surface area (Å²) in [5.41, 5.74) is 2.96. The van der Waals surface area contributed by atoms with Gasteiger partial charge in [0, 0.05) is 6.54 Å². The standard InChI is InChI=1S/C30H35NO6/c1-34-28-20-25(22-30(33)35-2)12-15-27(28)37-19-7-6-18-36-26-13-10-24(11-14-26)21-29(32)31-17-16-23-8-4-3-5-9-23/h3-5,8-15,20H,6-7,16-19,21-22H2,1-2H3,(H,31,32). The molecule has 196 valence electrons. The molecular weight excluding hydrogens is 470 g/mol. The molecule has 0 atom stereocenters. The molecule has 0 spiro atoms. The Morgan fingerprint density at radius 1 is 0.730 bits per heavy atom. The SMILES string of the molecule is COC(=O)Cc1ccc(OCCCCOc2ccc(CC(=O)NCCc3ccccc3)cc2)c(OC)c1. The van der Waals surface area contributed by atoms with Gasteiger partial charge in [0.05, 0.1) is 40.3 Å². The summed E-state index contributed by atoms with van der Waals surface area (Å²) >= 11 is 0. The first-order valence-electron chi connectivity index (χ1n) is 12.5. The molecule has 0 unspecified atom stereocenters. The van der Waals surface area contributed by atoms with Crippen molar-refractivity contribution in [3.8, 4) is 17.2 Å². The maximum absolute atomic E-state index is 12.2. The first kappa shape index (κ1) is 27.6. The average Bonchev–Trinajstić information content (AvgIpc) is 2.92. The van der Waals surface area contributed by atoms with Crippen LogP contribution in [0.4, 0.5) is 0 Å². The molecule has 0 heterocycles. The molecule has 1 N–H and O–H groups in total. The van der Waals surface area contributed by atoms with Crippen molar-refractivity contribution in [3.05, 3.63) is 89.5 Å². The smallest absolute Gasteiger partial charge is 0.309 e. The Kier molecular flexibility index (Phi) is 11.3. The van der Waals surface area contributed by atoms with E-state index in [4.69, 9.17) is 18.9 Å². The fraction of sp³-hybridized carbons (Fsp3) is 0.333. The highest BCUT2D eigenvalue weighted by atomic mass is 16.5. The second kappa shape index (κ2) is 15.2. The number of carbonyl (C=O) groups excluding carboxylic acids is 2. The Labute approximate surface area is 218 Å². The summed E-state index contributed by atoms with van der Waals surface area (Å²) in [6.07, 6.45) is 3.00. The van der Waals surface area contributed by atoms with Crippen molar-refractivity contribution in [2.75, 3.05) is 34.0 Å². The van der Waals surface area contributed by atoms with E-state index in [-0.39, 0.29) is 18.3 Å². The molecule has 0 saturated carbocycles. The number of ether oxygens (including phenoxy) is 4. The van der Waals surface area contributed by atoms with Crippen LogP contribution in [0.5, 0.6) is 17.2 Å². The first-order valence-corrected chi connectivity index (χ1v) is 12.5. The van der Waals surface area contributed by atoms with Crippen LogP contribution >= 0.6 is 0 Å². The van der Waals surface area contributed by atoms with Crippen molar-refractivity contribution in [2.24, 2.45) is 0 Å². The molecule has 3 aromatic carbocycles. The molecule has 0 radical (unpaired) electrons. The van der Waals surface area contributed by atoms with Crippen LogP contribution in [0.2, 0.25) is 0 Å². The van der Waals surface area contributed by atoms with Gasteiger partial charge in [-0.2, -0.15) is 0 Å². The number of amides is 1. The lowest BCUT2D eigenvalue weighted by Crippen LogP contribution is -2.27. The predicted octanol–water partition coefficient (Wildman–Crippen LogP) is 4.55. The fourth-order valence-corrected chi connectivity index (χ4v) is 3.70. The molecule has 3 aromatic rings. The lowest BCUT2D eigenvalue weighted by atomic mass is 10.1. The Morgan fingerprint density at radius 3 is 2.14 bits per heavy atom. The minimum atomic E-state index is -0.301. The Morgan fingerprint density at radius 2 is 1.43 bits per heavy atom. The van der Waals surface area contributed by atoms with Crippen LogP contribution in [0, 0.1) is 0 Å². The molecule has 7 nitrogen and oxygen atoms in total. The Hall–Kier alpha value is -4.00. The van der Waals surface area contributed by atoms with Crippen molar-refractivity contribution in [1.82, 2.24) is 5.32 Å². The Bertz CT molecular complexity index is 1110. The number of esters is 1. The van der Waals surface area contributed by atoms with Gasteiger partial charge in [-0.1, -0.05) is 48.5 Å². The summed E-state index contributed by atoms with van der Waals surface area (Å²) in [4.78, 5) is 23.6. The number of hydrogen-bond donors (Lipinski definition) is 1. The summed E-state index contributed by atoms with van der Waals surface area (Å²) in [6.45, 7) is 1.72. The van der Waals surface area contributed by atoms with Gasteiger partial charge in [0.15, 0.2) is 11.5 Å². The van der Waals surface area contributed by atoms with Gasteiger partial charge in [-0.3, -0.25) is 9.59 Å². The summed E-state index contributed by atoms with van der Waals surface area (Å²) < 4.78 is 21.7. The van der Waals surface area contributed by atoms with Crippen LogP contribution in [0.25, 0.3) is 0 Å². The molecule has 37 heavy (non-hydrogen) atoms. The maximum atomic E-state index is 12.2. The van der Waals surface area contributed by atoms with Crippen molar-refractivity contribution in [2.45, 2.75) is 32.1 Å². The second-order valence-corrected chi connectivity index (χ2v) is 8.55. The molecule has 0 bridgehead atoms. The lowest BCUT2D eigenvalue weighted by molar-refractivity contribution is -0.139. The molecule has 7 heteroatoms. The van der Waals surface area contributed by atoms with Crippen molar-refractivity contribution in [3.63, 3.8) is 0 Å². The van der Waals surface area contributed by atoms with Crippen LogP contribution in [-0.4, -0.2) is 45.9 Å². The molecular formula is C30H35NO6. The van der Waals surface area contributed by atoms with Gasteiger partial charge in [0.25, 0.3) is 0 Å². The third kappa shape index (κ3) is 9.88.